The average molecular weight is 396 g/mol. The lowest BCUT2D eigenvalue weighted by Crippen LogP contribution is -2.42. The van der Waals surface area contributed by atoms with Crippen LogP contribution in [0.25, 0.3) is 0 Å². The Bertz CT molecular complexity index is 784. The molecule has 29 heavy (non-hydrogen) atoms. The fourth-order valence-corrected chi connectivity index (χ4v) is 4.01. The van der Waals surface area contributed by atoms with E-state index in [1.165, 1.54) is 5.56 Å². The van der Waals surface area contributed by atoms with Crippen LogP contribution in [0.2, 0.25) is 0 Å². The van der Waals surface area contributed by atoms with Crippen LogP contribution in [0.5, 0.6) is 5.75 Å². The van der Waals surface area contributed by atoms with Gasteiger partial charge < -0.3 is 14.7 Å². The van der Waals surface area contributed by atoms with Crippen LogP contribution in [0.15, 0.2) is 53.5 Å². The zero-order chi connectivity index (χ0) is 20.6. The maximum Gasteiger partial charge on any atom is 0.126 e. The van der Waals surface area contributed by atoms with Crippen molar-refractivity contribution >= 4 is 11.9 Å². The lowest BCUT2D eigenvalue weighted by molar-refractivity contribution is 0.0119. The molecule has 1 saturated heterocycles. The highest BCUT2D eigenvalue weighted by molar-refractivity contribution is 5.84. The number of aliphatic imine (C=N–C) groups is 1. The van der Waals surface area contributed by atoms with Crippen molar-refractivity contribution in [2.75, 3.05) is 44.3 Å². The van der Waals surface area contributed by atoms with Gasteiger partial charge in [0.05, 0.1) is 25.3 Å². The van der Waals surface area contributed by atoms with E-state index in [-0.39, 0.29) is 17.8 Å². The van der Waals surface area contributed by atoms with Crippen molar-refractivity contribution in [3.8, 4) is 5.75 Å². The van der Waals surface area contributed by atoms with E-state index >= 15 is 0 Å². The first kappa shape index (κ1) is 21.3. The molecule has 0 aromatic heterocycles. The van der Waals surface area contributed by atoms with Crippen molar-refractivity contribution in [3.63, 3.8) is 0 Å². The van der Waals surface area contributed by atoms with Gasteiger partial charge in [-0.25, -0.2) is 0 Å². The zero-order valence-corrected chi connectivity index (χ0v) is 17.8. The molecule has 5 nitrogen and oxygen atoms in total. The summed E-state index contributed by atoms with van der Waals surface area (Å²) in [5, 5.41) is 10.5. The average Bonchev–Trinajstić information content (AvgIpc) is 2.76. The van der Waals surface area contributed by atoms with Crippen molar-refractivity contribution in [1.82, 2.24) is 4.90 Å². The summed E-state index contributed by atoms with van der Waals surface area (Å²) >= 11 is 0. The monoisotopic (exact) mass is 395 g/mol. The Morgan fingerprint density at radius 3 is 2.41 bits per heavy atom. The predicted octanol–water partition coefficient (Wildman–Crippen LogP) is 4.12. The minimum absolute atomic E-state index is 0.0531. The lowest BCUT2D eigenvalue weighted by Gasteiger charge is -2.37. The van der Waals surface area contributed by atoms with E-state index in [1.54, 1.807) is 0 Å². The summed E-state index contributed by atoms with van der Waals surface area (Å²) < 4.78 is 5.54. The van der Waals surface area contributed by atoms with Gasteiger partial charge in [0, 0.05) is 49.7 Å². The molecule has 0 unspecified atom stereocenters. The molecule has 0 radical (unpaired) electrons. The third-order valence-corrected chi connectivity index (χ3v) is 5.63. The van der Waals surface area contributed by atoms with Crippen LogP contribution in [0.1, 0.15) is 37.9 Å². The first-order valence-electron chi connectivity index (χ1n) is 10.6. The number of morpholine rings is 1. The normalized spacial score (nSPS) is 17.3. The highest BCUT2D eigenvalue weighted by atomic mass is 16.5. The fraction of sp³-hybridized carbons (Fsp3) is 0.458. The van der Waals surface area contributed by atoms with Crippen LogP contribution in [0, 0.1) is 0 Å². The molecule has 3 rings (SSSR count). The van der Waals surface area contributed by atoms with E-state index in [0.29, 0.717) is 0 Å². The van der Waals surface area contributed by atoms with Gasteiger partial charge in [0.25, 0.3) is 0 Å². The quantitative estimate of drug-likeness (QED) is 0.683. The highest BCUT2D eigenvalue weighted by Gasteiger charge is 2.27. The SMILES string of the molecule is CCN(CC)c1ccc(C=N[C@@H](C)[C@@H](c2ccccc2)N2CCOCC2)c(O)c1. The van der Waals surface area contributed by atoms with Gasteiger partial charge in [-0.15, -0.1) is 0 Å². The number of hydrogen-bond acceptors (Lipinski definition) is 5. The lowest BCUT2D eigenvalue weighted by atomic mass is 9.98. The number of benzene rings is 2. The van der Waals surface area contributed by atoms with Crippen LogP contribution in [0.3, 0.4) is 0 Å². The summed E-state index contributed by atoms with van der Waals surface area (Å²) in [7, 11) is 0. The molecule has 0 amide bonds. The van der Waals surface area contributed by atoms with Gasteiger partial charge in [-0.3, -0.25) is 9.89 Å². The van der Waals surface area contributed by atoms with Crippen LogP contribution in [-0.2, 0) is 4.74 Å². The first-order valence-corrected chi connectivity index (χ1v) is 10.6. The minimum atomic E-state index is 0.0531. The smallest absolute Gasteiger partial charge is 0.126 e. The number of rotatable bonds is 8. The third-order valence-electron chi connectivity index (χ3n) is 5.63. The Labute approximate surface area is 174 Å². The second-order valence-electron chi connectivity index (χ2n) is 7.44. The maximum atomic E-state index is 10.5. The summed E-state index contributed by atoms with van der Waals surface area (Å²) in [6, 6.07) is 16.6. The summed E-state index contributed by atoms with van der Waals surface area (Å²) in [5.74, 6) is 0.271. The molecule has 1 aliphatic rings. The van der Waals surface area contributed by atoms with E-state index in [0.717, 1.165) is 50.6 Å². The van der Waals surface area contributed by atoms with Gasteiger partial charge in [0.15, 0.2) is 0 Å². The van der Waals surface area contributed by atoms with Crippen LogP contribution >= 0.6 is 0 Å². The molecule has 0 saturated carbocycles. The molecular weight excluding hydrogens is 362 g/mol. The molecule has 0 bridgehead atoms. The second-order valence-corrected chi connectivity index (χ2v) is 7.44. The molecule has 2 aromatic rings. The largest absolute Gasteiger partial charge is 0.507 e. The third kappa shape index (κ3) is 5.37. The standard InChI is InChI=1S/C24H33N3O2/c1-4-26(5-2)22-12-11-21(23(28)17-22)18-25-19(3)24(20-9-7-6-8-10-20)27-13-15-29-16-14-27/h6-12,17-19,24,28H,4-5,13-16H2,1-3H3/t19-,24-/m0/s1. The number of aromatic hydroxyl groups is 1. The van der Waals surface area contributed by atoms with Gasteiger partial charge in [-0.1, -0.05) is 30.3 Å². The zero-order valence-electron chi connectivity index (χ0n) is 17.8. The molecule has 1 aliphatic heterocycles. The number of nitrogens with zero attached hydrogens (tertiary/aromatic N) is 3. The molecule has 1 heterocycles. The van der Waals surface area contributed by atoms with E-state index < -0.39 is 0 Å². The van der Waals surface area contributed by atoms with Crippen molar-refractivity contribution in [3.05, 3.63) is 59.7 Å². The number of anilines is 1. The summed E-state index contributed by atoms with van der Waals surface area (Å²) in [4.78, 5) is 9.50. The molecule has 0 spiro atoms. The van der Waals surface area contributed by atoms with Crippen molar-refractivity contribution in [2.45, 2.75) is 32.9 Å². The van der Waals surface area contributed by atoms with Crippen molar-refractivity contribution < 1.29 is 9.84 Å². The molecular formula is C24H33N3O2. The maximum absolute atomic E-state index is 10.5. The van der Waals surface area contributed by atoms with Gasteiger partial charge in [0.2, 0.25) is 0 Å². The summed E-state index contributed by atoms with van der Waals surface area (Å²) in [6.07, 6.45) is 1.81. The van der Waals surface area contributed by atoms with Gasteiger partial charge in [-0.05, 0) is 38.5 Å². The Balaban J connectivity index is 1.80. The highest BCUT2D eigenvalue weighted by Crippen LogP contribution is 2.28. The molecule has 2 atom stereocenters. The van der Waals surface area contributed by atoms with E-state index in [2.05, 4.69) is 60.9 Å². The van der Waals surface area contributed by atoms with Crippen LogP contribution < -0.4 is 4.90 Å². The minimum Gasteiger partial charge on any atom is -0.507 e. The van der Waals surface area contributed by atoms with Crippen LogP contribution in [0.4, 0.5) is 5.69 Å². The molecule has 5 heteroatoms. The molecule has 0 aliphatic carbocycles. The van der Waals surface area contributed by atoms with Gasteiger partial charge in [-0.2, -0.15) is 0 Å². The van der Waals surface area contributed by atoms with Crippen LogP contribution in [-0.4, -0.2) is 61.7 Å². The Morgan fingerprint density at radius 1 is 1.10 bits per heavy atom. The van der Waals surface area contributed by atoms with E-state index in [9.17, 15) is 5.11 Å². The van der Waals surface area contributed by atoms with Crippen molar-refractivity contribution in [1.29, 1.82) is 0 Å². The number of phenols is 1. The first-order chi connectivity index (χ1) is 14.1. The van der Waals surface area contributed by atoms with Crippen molar-refractivity contribution in [2.24, 2.45) is 4.99 Å². The molecule has 156 valence electrons. The Hall–Kier alpha value is -2.37. The molecule has 1 N–H and O–H groups in total. The summed E-state index contributed by atoms with van der Waals surface area (Å²) in [5.41, 5.74) is 3.05. The van der Waals surface area contributed by atoms with Gasteiger partial charge >= 0.3 is 0 Å². The van der Waals surface area contributed by atoms with E-state index in [4.69, 9.17) is 9.73 Å². The Kier molecular flexibility index (Phi) is 7.67. The Morgan fingerprint density at radius 2 is 1.79 bits per heavy atom. The van der Waals surface area contributed by atoms with Gasteiger partial charge in [0.1, 0.15) is 5.75 Å². The number of hydrogen-bond donors (Lipinski definition) is 1. The molecule has 2 aromatic carbocycles. The predicted molar refractivity (Wildman–Crippen MR) is 120 cm³/mol. The fourth-order valence-electron chi connectivity index (χ4n) is 4.01. The topological polar surface area (TPSA) is 48.3 Å². The molecule has 1 fully saturated rings. The number of phenolic OH excluding ortho intramolecular Hbond substituents is 1. The van der Waals surface area contributed by atoms with E-state index in [1.807, 2.05) is 24.4 Å². The second kappa shape index (κ2) is 10.4. The number of ether oxygens (including phenoxy) is 1. The summed E-state index contributed by atoms with van der Waals surface area (Å²) in [6.45, 7) is 11.5.